The Bertz CT molecular complexity index is 1310. The van der Waals surface area contributed by atoms with E-state index in [9.17, 15) is 9.59 Å². The zero-order chi connectivity index (χ0) is 21.0. The Morgan fingerprint density at radius 1 is 1.30 bits per heavy atom. The zero-order valence-corrected chi connectivity index (χ0v) is 17.0. The number of nitrogens with zero attached hydrogens (tertiary/aromatic N) is 4. The molecule has 0 spiro atoms. The lowest BCUT2D eigenvalue weighted by Gasteiger charge is -2.34. The van der Waals surface area contributed by atoms with Gasteiger partial charge < -0.3 is 25.4 Å². The number of carbonyl (C=O) groups is 2. The SMILES string of the molecule is NC(=O)c1cc2cc(Cl)sc2n1C1Cc2ccccc2N(Cc2nnc(N)o2)C1=O. The van der Waals surface area contributed by atoms with Crippen LogP contribution in [0.2, 0.25) is 4.34 Å². The van der Waals surface area contributed by atoms with Crippen LogP contribution in [0.3, 0.4) is 0 Å². The predicted molar refractivity (Wildman–Crippen MR) is 112 cm³/mol. The van der Waals surface area contributed by atoms with Gasteiger partial charge in [-0.1, -0.05) is 34.9 Å². The molecule has 3 aromatic heterocycles. The molecule has 0 radical (unpaired) electrons. The molecule has 30 heavy (non-hydrogen) atoms. The van der Waals surface area contributed by atoms with Crippen molar-refractivity contribution in [3.63, 3.8) is 0 Å². The number of anilines is 2. The molecule has 0 aliphatic carbocycles. The summed E-state index contributed by atoms with van der Waals surface area (Å²) in [5.41, 5.74) is 13.1. The molecule has 0 saturated heterocycles. The summed E-state index contributed by atoms with van der Waals surface area (Å²) in [6, 6.07) is 10.2. The van der Waals surface area contributed by atoms with E-state index in [-0.39, 0.29) is 30.1 Å². The smallest absolute Gasteiger partial charge is 0.312 e. The number of fused-ring (bicyclic) bond motifs is 2. The van der Waals surface area contributed by atoms with Gasteiger partial charge in [-0.15, -0.1) is 16.4 Å². The topological polar surface area (TPSA) is 133 Å². The number of rotatable bonds is 4. The number of aromatic nitrogens is 3. The van der Waals surface area contributed by atoms with Crippen molar-refractivity contribution in [1.29, 1.82) is 0 Å². The van der Waals surface area contributed by atoms with Crippen molar-refractivity contribution in [1.82, 2.24) is 14.8 Å². The van der Waals surface area contributed by atoms with Crippen LogP contribution >= 0.6 is 22.9 Å². The maximum absolute atomic E-state index is 13.6. The molecule has 4 aromatic rings. The highest BCUT2D eigenvalue weighted by Crippen LogP contribution is 2.39. The molecular weight excluding hydrogens is 428 g/mol. The molecule has 152 valence electrons. The van der Waals surface area contributed by atoms with Crippen molar-refractivity contribution in [2.75, 3.05) is 10.6 Å². The van der Waals surface area contributed by atoms with Crippen molar-refractivity contribution >= 4 is 56.7 Å². The number of carbonyl (C=O) groups excluding carboxylic acids is 2. The van der Waals surface area contributed by atoms with Crippen LogP contribution in [0.4, 0.5) is 11.7 Å². The molecule has 4 N–H and O–H groups in total. The minimum atomic E-state index is -0.685. The largest absolute Gasteiger partial charge is 0.406 e. The van der Waals surface area contributed by atoms with E-state index >= 15 is 0 Å². The monoisotopic (exact) mass is 442 g/mol. The van der Waals surface area contributed by atoms with E-state index in [1.54, 1.807) is 21.6 Å². The summed E-state index contributed by atoms with van der Waals surface area (Å²) in [4.78, 5) is 28.0. The van der Waals surface area contributed by atoms with Gasteiger partial charge in [0, 0.05) is 17.5 Å². The van der Waals surface area contributed by atoms with E-state index in [1.807, 2.05) is 24.3 Å². The van der Waals surface area contributed by atoms with E-state index in [0.29, 0.717) is 15.6 Å². The molecule has 2 amide bonds. The molecule has 0 fully saturated rings. The van der Waals surface area contributed by atoms with Crippen LogP contribution in [0.15, 0.2) is 40.8 Å². The summed E-state index contributed by atoms with van der Waals surface area (Å²) >= 11 is 7.47. The van der Waals surface area contributed by atoms with Crippen molar-refractivity contribution in [3.8, 4) is 0 Å². The summed E-state index contributed by atoms with van der Waals surface area (Å²) in [6.45, 7) is 0.0536. The maximum Gasteiger partial charge on any atom is 0.312 e. The number of amides is 2. The zero-order valence-electron chi connectivity index (χ0n) is 15.4. The van der Waals surface area contributed by atoms with Gasteiger partial charge in [0.1, 0.15) is 23.1 Å². The fourth-order valence-corrected chi connectivity index (χ4v) is 5.12. The number of para-hydroxylation sites is 1. The van der Waals surface area contributed by atoms with Crippen LogP contribution in [0.5, 0.6) is 0 Å². The Morgan fingerprint density at radius 2 is 2.10 bits per heavy atom. The quantitative estimate of drug-likeness (QED) is 0.499. The first-order valence-corrected chi connectivity index (χ1v) is 10.2. The lowest BCUT2D eigenvalue weighted by atomic mass is 9.96. The lowest BCUT2D eigenvalue weighted by Crippen LogP contribution is -2.42. The molecule has 1 aliphatic heterocycles. The molecule has 0 saturated carbocycles. The van der Waals surface area contributed by atoms with E-state index in [0.717, 1.165) is 16.6 Å². The number of thiophene rings is 1. The predicted octanol–water partition coefficient (Wildman–Crippen LogP) is 2.75. The van der Waals surface area contributed by atoms with Gasteiger partial charge in [-0.2, -0.15) is 0 Å². The van der Waals surface area contributed by atoms with Crippen molar-refractivity contribution in [3.05, 3.63) is 57.9 Å². The third-order valence-electron chi connectivity index (χ3n) is 5.07. The van der Waals surface area contributed by atoms with E-state index in [2.05, 4.69) is 10.2 Å². The first-order chi connectivity index (χ1) is 14.4. The van der Waals surface area contributed by atoms with Crippen LogP contribution in [-0.2, 0) is 17.8 Å². The maximum atomic E-state index is 13.6. The molecule has 1 aromatic carbocycles. The van der Waals surface area contributed by atoms with Crippen molar-refractivity contribution < 1.29 is 14.0 Å². The number of halogens is 1. The normalized spacial score (nSPS) is 16.2. The highest BCUT2D eigenvalue weighted by Gasteiger charge is 2.37. The Morgan fingerprint density at radius 3 is 2.83 bits per heavy atom. The van der Waals surface area contributed by atoms with Gasteiger partial charge in [-0.3, -0.25) is 9.59 Å². The molecule has 0 bridgehead atoms. The number of benzene rings is 1. The van der Waals surface area contributed by atoms with Crippen molar-refractivity contribution in [2.24, 2.45) is 5.73 Å². The number of nitrogen functional groups attached to an aromatic ring is 1. The molecule has 1 atom stereocenters. The second-order valence-electron chi connectivity index (χ2n) is 6.88. The second-order valence-corrected chi connectivity index (χ2v) is 8.54. The van der Waals surface area contributed by atoms with Gasteiger partial charge in [0.2, 0.25) is 5.89 Å². The number of hydrogen-bond acceptors (Lipinski definition) is 7. The highest BCUT2D eigenvalue weighted by molar-refractivity contribution is 7.22. The fourth-order valence-electron chi connectivity index (χ4n) is 3.85. The molecule has 9 nitrogen and oxygen atoms in total. The van der Waals surface area contributed by atoms with Gasteiger partial charge in [-0.05, 0) is 23.8 Å². The van der Waals surface area contributed by atoms with E-state index < -0.39 is 11.9 Å². The average molecular weight is 443 g/mol. The fraction of sp³-hybridized carbons (Fsp3) is 0.158. The molecule has 4 heterocycles. The minimum Gasteiger partial charge on any atom is -0.406 e. The number of hydrogen-bond donors (Lipinski definition) is 2. The molecule has 1 aliphatic rings. The van der Waals surface area contributed by atoms with Gasteiger partial charge in [0.25, 0.3) is 11.8 Å². The molecule has 5 rings (SSSR count). The minimum absolute atomic E-state index is 0.0536. The summed E-state index contributed by atoms with van der Waals surface area (Å²) < 4.78 is 7.52. The Balaban J connectivity index is 1.65. The van der Waals surface area contributed by atoms with Crippen molar-refractivity contribution in [2.45, 2.75) is 19.0 Å². The van der Waals surface area contributed by atoms with Gasteiger partial charge in [0.15, 0.2) is 0 Å². The molecule has 1 unspecified atom stereocenters. The van der Waals surface area contributed by atoms with Crippen LogP contribution in [0.25, 0.3) is 10.2 Å². The lowest BCUT2D eigenvalue weighted by molar-refractivity contribution is -0.122. The average Bonchev–Trinajstić information content (AvgIpc) is 3.37. The first kappa shape index (κ1) is 18.6. The van der Waals surface area contributed by atoms with Gasteiger partial charge >= 0.3 is 6.01 Å². The van der Waals surface area contributed by atoms with E-state index in [1.165, 1.54) is 11.3 Å². The Hall–Kier alpha value is -3.37. The first-order valence-electron chi connectivity index (χ1n) is 8.99. The second kappa shape index (κ2) is 6.85. The molecule has 11 heteroatoms. The Kier molecular flexibility index (Phi) is 4.26. The van der Waals surface area contributed by atoms with E-state index in [4.69, 9.17) is 27.5 Å². The van der Waals surface area contributed by atoms with Crippen LogP contribution in [-0.4, -0.2) is 26.6 Å². The van der Waals surface area contributed by atoms with Crippen LogP contribution in [0.1, 0.15) is 28.0 Å². The molecular formula is C19H15ClN6O3S. The number of primary amides is 1. The van der Waals surface area contributed by atoms with Crippen LogP contribution < -0.4 is 16.4 Å². The third-order valence-corrected chi connectivity index (χ3v) is 6.35. The summed E-state index contributed by atoms with van der Waals surface area (Å²) in [5.74, 6) is -0.629. The van der Waals surface area contributed by atoms with Gasteiger partial charge in [-0.25, -0.2) is 0 Å². The standard InChI is InChI=1S/C19H15ClN6O3S/c20-14-7-10-6-12(16(21)27)26(18(10)30-14)13-5-9-3-1-2-4-11(9)25(17(13)28)8-15-23-24-19(22)29-15/h1-4,6-7,13H,5,8H2,(H2,21,27)(H2,22,24). The Labute approximate surface area is 178 Å². The number of nitrogens with two attached hydrogens (primary N) is 2. The summed E-state index contributed by atoms with van der Waals surface area (Å²) in [7, 11) is 0. The highest BCUT2D eigenvalue weighted by atomic mass is 35.5. The third kappa shape index (κ3) is 2.92. The van der Waals surface area contributed by atoms with Crippen LogP contribution in [0, 0.1) is 0 Å². The summed E-state index contributed by atoms with van der Waals surface area (Å²) in [6.07, 6.45) is 0.400. The van der Waals surface area contributed by atoms with Gasteiger partial charge in [0.05, 0.1) is 4.34 Å². The summed E-state index contributed by atoms with van der Waals surface area (Å²) in [5, 5.41) is 8.29.